The molecule has 2 rings (SSSR count). The van der Waals surface area contributed by atoms with Gasteiger partial charge >= 0.3 is 5.97 Å². The van der Waals surface area contributed by atoms with E-state index in [0.717, 1.165) is 11.1 Å². The van der Waals surface area contributed by atoms with Gasteiger partial charge in [-0.1, -0.05) is 45.0 Å². The lowest BCUT2D eigenvalue weighted by molar-refractivity contribution is -0.148. The van der Waals surface area contributed by atoms with Crippen molar-refractivity contribution in [3.05, 3.63) is 65.2 Å². The number of amides is 2. The predicted molar refractivity (Wildman–Crippen MR) is 117 cm³/mol. The number of carbonyl (C=O) groups is 3. The lowest BCUT2D eigenvalue weighted by Gasteiger charge is -2.19. The van der Waals surface area contributed by atoms with Gasteiger partial charge in [0.2, 0.25) is 0 Å². The fourth-order valence-corrected chi connectivity index (χ4v) is 2.72. The molecule has 0 heterocycles. The first kappa shape index (κ1) is 23.6. The van der Waals surface area contributed by atoms with Crippen LogP contribution in [0.3, 0.4) is 0 Å². The van der Waals surface area contributed by atoms with E-state index in [9.17, 15) is 14.4 Å². The van der Waals surface area contributed by atoms with Gasteiger partial charge < -0.3 is 15.4 Å². The van der Waals surface area contributed by atoms with E-state index in [-0.39, 0.29) is 11.8 Å². The minimum atomic E-state index is -0.909. The van der Waals surface area contributed by atoms with Crippen LogP contribution in [0.1, 0.15) is 49.2 Å². The van der Waals surface area contributed by atoms with Gasteiger partial charge in [0.1, 0.15) is 6.04 Å². The maximum Gasteiger partial charge on any atom is 0.328 e. The van der Waals surface area contributed by atoms with Gasteiger partial charge in [0.25, 0.3) is 11.8 Å². The molecule has 0 aliphatic heterocycles. The molecule has 2 aromatic carbocycles. The lowest BCUT2D eigenvalue weighted by Crippen LogP contribution is -2.40. The Bertz CT molecular complexity index is 968. The third-order valence-corrected chi connectivity index (χ3v) is 4.58. The summed E-state index contributed by atoms with van der Waals surface area (Å²) in [4.78, 5) is 36.5. The Morgan fingerprint density at radius 2 is 1.65 bits per heavy atom. The molecule has 0 aromatic heterocycles. The van der Waals surface area contributed by atoms with E-state index >= 15 is 0 Å². The van der Waals surface area contributed by atoms with Crippen molar-refractivity contribution in [2.24, 2.45) is 0 Å². The second-order valence-electron chi connectivity index (χ2n) is 8.21. The Kier molecular flexibility index (Phi) is 7.92. The Balaban J connectivity index is 1.81. The summed E-state index contributed by atoms with van der Waals surface area (Å²) in [7, 11) is 0. The Morgan fingerprint density at radius 3 is 2.19 bits per heavy atom. The molecule has 0 unspecified atom stereocenters. The van der Waals surface area contributed by atoms with Crippen LogP contribution in [0.25, 0.3) is 0 Å². The summed E-state index contributed by atoms with van der Waals surface area (Å²) in [5.74, 6) is -1.61. The molecule has 1 atom stereocenters. The molecule has 0 saturated heterocycles. The van der Waals surface area contributed by atoms with Gasteiger partial charge in [0.15, 0.2) is 6.61 Å². The zero-order valence-corrected chi connectivity index (χ0v) is 18.2. The van der Waals surface area contributed by atoms with Crippen molar-refractivity contribution in [1.82, 2.24) is 5.32 Å². The molecule has 0 fully saturated rings. The normalized spacial score (nSPS) is 11.7. The lowest BCUT2D eigenvalue weighted by atomic mass is 9.86. The van der Waals surface area contributed by atoms with Gasteiger partial charge in [-0.25, -0.2) is 4.79 Å². The quantitative estimate of drug-likeness (QED) is 0.667. The zero-order valence-electron chi connectivity index (χ0n) is 18.2. The summed E-state index contributed by atoms with van der Waals surface area (Å²) in [5.41, 5.74) is 2.88. The molecule has 2 aromatic rings. The average molecular weight is 421 g/mol. The molecule has 31 heavy (non-hydrogen) atoms. The van der Waals surface area contributed by atoms with E-state index in [2.05, 4.69) is 31.4 Å². The van der Waals surface area contributed by atoms with E-state index in [1.807, 2.05) is 18.2 Å². The molecule has 0 spiro atoms. The number of rotatable bonds is 7. The number of ether oxygens (including phenoxy) is 1. The van der Waals surface area contributed by atoms with Crippen molar-refractivity contribution in [2.75, 3.05) is 11.9 Å². The van der Waals surface area contributed by atoms with Crippen molar-refractivity contribution >= 4 is 23.5 Å². The van der Waals surface area contributed by atoms with Crippen LogP contribution in [0.2, 0.25) is 0 Å². The van der Waals surface area contributed by atoms with E-state index in [0.29, 0.717) is 11.3 Å². The van der Waals surface area contributed by atoms with E-state index in [1.54, 1.807) is 36.4 Å². The van der Waals surface area contributed by atoms with Crippen LogP contribution in [0.15, 0.2) is 48.5 Å². The first-order valence-corrected chi connectivity index (χ1v) is 9.94. The molecule has 7 heteroatoms. The number of hydrogen-bond acceptors (Lipinski definition) is 5. The number of nitriles is 1. The number of carbonyl (C=O) groups excluding carboxylic acids is 3. The van der Waals surface area contributed by atoms with E-state index in [4.69, 9.17) is 10.00 Å². The van der Waals surface area contributed by atoms with Gasteiger partial charge in [-0.15, -0.1) is 0 Å². The fraction of sp³-hybridized carbons (Fsp3) is 0.333. The van der Waals surface area contributed by atoms with Crippen LogP contribution >= 0.6 is 0 Å². The minimum Gasteiger partial charge on any atom is -0.454 e. The number of anilines is 1. The standard InChI is InChI=1S/C24H27N3O4/c1-16(26-22(29)18-7-9-19(10-8-18)24(2,3)4)23(30)31-15-21(28)27-20-11-5-17(6-12-20)13-14-25/h5-12,16H,13,15H2,1-4H3,(H,26,29)(H,27,28)/t16-/m0/s1. The zero-order chi connectivity index (χ0) is 23.0. The SMILES string of the molecule is C[C@H](NC(=O)c1ccc(C(C)(C)C)cc1)C(=O)OCC(=O)Nc1ccc(CC#N)cc1. The second kappa shape index (κ2) is 10.4. The predicted octanol–water partition coefficient (Wildman–Crippen LogP) is 3.35. The van der Waals surface area contributed by atoms with Crippen LogP contribution in [-0.4, -0.2) is 30.4 Å². The third kappa shape index (κ3) is 7.27. The van der Waals surface area contributed by atoms with Crippen molar-refractivity contribution in [3.8, 4) is 6.07 Å². The number of esters is 1. The molecule has 0 saturated carbocycles. The van der Waals surface area contributed by atoms with Gasteiger partial charge in [-0.05, 0) is 47.7 Å². The first-order chi connectivity index (χ1) is 14.6. The summed E-state index contributed by atoms with van der Waals surface area (Å²) in [6, 6.07) is 15.1. The van der Waals surface area contributed by atoms with E-state index < -0.39 is 30.4 Å². The Morgan fingerprint density at radius 1 is 1.03 bits per heavy atom. The molecule has 2 amide bonds. The highest BCUT2D eigenvalue weighted by atomic mass is 16.5. The molecular weight excluding hydrogens is 394 g/mol. The number of nitrogens with one attached hydrogen (secondary N) is 2. The van der Waals surface area contributed by atoms with Gasteiger partial charge in [-0.2, -0.15) is 5.26 Å². The summed E-state index contributed by atoms with van der Waals surface area (Å²) in [6.07, 6.45) is 0.288. The summed E-state index contributed by atoms with van der Waals surface area (Å²) in [5, 5.41) is 13.8. The van der Waals surface area contributed by atoms with Gasteiger partial charge in [0.05, 0.1) is 12.5 Å². The molecule has 0 aliphatic carbocycles. The fourth-order valence-electron chi connectivity index (χ4n) is 2.72. The molecule has 0 bridgehead atoms. The second-order valence-corrected chi connectivity index (χ2v) is 8.21. The van der Waals surface area contributed by atoms with Crippen LogP contribution < -0.4 is 10.6 Å². The summed E-state index contributed by atoms with van der Waals surface area (Å²) < 4.78 is 4.99. The Hall–Kier alpha value is -3.66. The topological polar surface area (TPSA) is 108 Å². The van der Waals surface area contributed by atoms with Crippen LogP contribution in [0.5, 0.6) is 0 Å². The molecule has 162 valence electrons. The maximum absolute atomic E-state index is 12.4. The largest absolute Gasteiger partial charge is 0.454 e. The third-order valence-electron chi connectivity index (χ3n) is 4.58. The Labute approximate surface area is 182 Å². The van der Waals surface area contributed by atoms with E-state index in [1.165, 1.54) is 6.92 Å². The number of benzene rings is 2. The highest BCUT2D eigenvalue weighted by molar-refractivity contribution is 5.97. The molecular formula is C24H27N3O4. The molecule has 2 N–H and O–H groups in total. The highest BCUT2D eigenvalue weighted by Crippen LogP contribution is 2.22. The minimum absolute atomic E-state index is 0.0225. The molecule has 0 radical (unpaired) electrons. The maximum atomic E-state index is 12.4. The van der Waals surface area contributed by atoms with Crippen molar-refractivity contribution in [3.63, 3.8) is 0 Å². The molecule has 7 nitrogen and oxygen atoms in total. The highest BCUT2D eigenvalue weighted by Gasteiger charge is 2.20. The van der Waals surface area contributed by atoms with Gasteiger partial charge in [-0.3, -0.25) is 9.59 Å². The number of nitrogens with zero attached hydrogens (tertiary/aromatic N) is 1. The molecule has 0 aliphatic rings. The summed E-state index contributed by atoms with van der Waals surface area (Å²) >= 11 is 0. The van der Waals surface area contributed by atoms with Crippen LogP contribution in [0.4, 0.5) is 5.69 Å². The summed E-state index contributed by atoms with van der Waals surface area (Å²) in [6.45, 7) is 7.27. The first-order valence-electron chi connectivity index (χ1n) is 9.94. The van der Waals surface area contributed by atoms with Crippen molar-refractivity contribution in [1.29, 1.82) is 5.26 Å². The smallest absolute Gasteiger partial charge is 0.328 e. The van der Waals surface area contributed by atoms with Crippen molar-refractivity contribution < 1.29 is 19.1 Å². The number of hydrogen-bond donors (Lipinski definition) is 2. The van der Waals surface area contributed by atoms with Crippen LogP contribution in [0, 0.1) is 11.3 Å². The average Bonchev–Trinajstić information content (AvgIpc) is 2.73. The van der Waals surface area contributed by atoms with Gasteiger partial charge in [0, 0.05) is 11.3 Å². The van der Waals surface area contributed by atoms with Crippen LogP contribution in [-0.2, 0) is 26.2 Å². The van der Waals surface area contributed by atoms with Crippen molar-refractivity contribution in [2.45, 2.75) is 45.6 Å². The monoisotopic (exact) mass is 421 g/mol.